The summed E-state index contributed by atoms with van der Waals surface area (Å²) in [5.41, 5.74) is 1.02. The van der Waals surface area contributed by atoms with Crippen molar-refractivity contribution < 1.29 is 4.74 Å². The second kappa shape index (κ2) is 8.14. The summed E-state index contributed by atoms with van der Waals surface area (Å²) in [4.78, 5) is 2.46. The third-order valence-corrected chi connectivity index (χ3v) is 4.25. The summed E-state index contributed by atoms with van der Waals surface area (Å²) < 4.78 is 5.05. The first kappa shape index (κ1) is 16.0. The summed E-state index contributed by atoms with van der Waals surface area (Å²) in [6, 6.07) is 13.1. The number of ether oxygens (including phenoxy) is 1. The van der Waals surface area contributed by atoms with Crippen molar-refractivity contribution in [2.75, 3.05) is 39.9 Å². The Bertz CT molecular complexity index is 447. The maximum atomic E-state index is 9.46. The monoisotopic (exact) mass is 287 g/mol. The minimum Gasteiger partial charge on any atom is -0.383 e. The normalized spacial score (nSPS) is 18.3. The maximum Gasteiger partial charge on any atom is 0.109 e. The van der Waals surface area contributed by atoms with E-state index in [1.54, 1.807) is 7.11 Å². The van der Waals surface area contributed by atoms with Gasteiger partial charge in [-0.1, -0.05) is 30.3 Å². The van der Waals surface area contributed by atoms with Crippen molar-refractivity contribution in [2.45, 2.75) is 24.8 Å². The lowest BCUT2D eigenvalue weighted by Gasteiger charge is -2.38. The topological polar surface area (TPSA) is 48.3 Å². The Kier molecular flexibility index (Phi) is 6.19. The van der Waals surface area contributed by atoms with Crippen LogP contribution in [0.1, 0.15) is 18.4 Å². The average molecular weight is 287 g/mol. The molecule has 0 unspecified atom stereocenters. The summed E-state index contributed by atoms with van der Waals surface area (Å²) >= 11 is 0. The molecule has 1 N–H and O–H groups in total. The van der Waals surface area contributed by atoms with Crippen molar-refractivity contribution in [3.05, 3.63) is 35.9 Å². The standard InChI is InChI=1S/C17H25N3O/c1-21-14-10-19-17(15-18)8-12-20(13-9-17)11-7-16-5-3-2-4-6-16/h2-6,19H,7-14H2,1H3. The molecule has 1 fully saturated rings. The quantitative estimate of drug-likeness (QED) is 0.777. The van der Waals surface area contributed by atoms with Crippen LogP contribution >= 0.6 is 0 Å². The number of hydrogen-bond acceptors (Lipinski definition) is 4. The third kappa shape index (κ3) is 4.82. The van der Waals surface area contributed by atoms with E-state index in [9.17, 15) is 5.26 Å². The molecule has 1 heterocycles. The van der Waals surface area contributed by atoms with E-state index in [-0.39, 0.29) is 5.54 Å². The highest BCUT2D eigenvalue weighted by molar-refractivity contribution is 5.15. The van der Waals surface area contributed by atoms with Gasteiger partial charge in [-0.15, -0.1) is 0 Å². The van der Waals surface area contributed by atoms with Gasteiger partial charge in [-0.2, -0.15) is 5.26 Å². The van der Waals surface area contributed by atoms with Crippen LogP contribution in [0.4, 0.5) is 0 Å². The van der Waals surface area contributed by atoms with Gasteiger partial charge >= 0.3 is 0 Å². The van der Waals surface area contributed by atoms with E-state index in [0.29, 0.717) is 6.61 Å². The zero-order chi connectivity index (χ0) is 15.0. The van der Waals surface area contributed by atoms with E-state index in [1.165, 1.54) is 5.56 Å². The first-order valence-electron chi connectivity index (χ1n) is 7.69. The van der Waals surface area contributed by atoms with Gasteiger partial charge in [0.05, 0.1) is 12.7 Å². The van der Waals surface area contributed by atoms with Gasteiger partial charge in [0.15, 0.2) is 0 Å². The minimum absolute atomic E-state index is 0.359. The van der Waals surface area contributed by atoms with E-state index in [0.717, 1.165) is 45.4 Å². The number of methoxy groups -OCH3 is 1. The van der Waals surface area contributed by atoms with Crippen molar-refractivity contribution in [2.24, 2.45) is 0 Å². The van der Waals surface area contributed by atoms with Crippen LogP contribution in [0.15, 0.2) is 30.3 Å². The molecule has 2 rings (SSSR count). The van der Waals surface area contributed by atoms with E-state index in [2.05, 4.69) is 46.6 Å². The molecule has 21 heavy (non-hydrogen) atoms. The predicted molar refractivity (Wildman–Crippen MR) is 84.0 cm³/mol. The summed E-state index contributed by atoms with van der Waals surface area (Å²) in [7, 11) is 1.69. The van der Waals surface area contributed by atoms with E-state index in [1.807, 2.05) is 0 Å². The van der Waals surface area contributed by atoms with E-state index >= 15 is 0 Å². The van der Waals surface area contributed by atoms with Gasteiger partial charge in [0.25, 0.3) is 0 Å². The molecule has 1 saturated heterocycles. The number of nitriles is 1. The Hall–Kier alpha value is -1.41. The van der Waals surface area contributed by atoms with E-state index < -0.39 is 0 Å². The second-order valence-electron chi connectivity index (χ2n) is 5.69. The fraction of sp³-hybridized carbons (Fsp3) is 0.588. The van der Waals surface area contributed by atoms with Crippen molar-refractivity contribution in [3.63, 3.8) is 0 Å². The number of nitrogens with one attached hydrogen (secondary N) is 1. The molecule has 0 saturated carbocycles. The third-order valence-electron chi connectivity index (χ3n) is 4.25. The molecule has 1 aromatic carbocycles. The Morgan fingerprint density at radius 1 is 1.29 bits per heavy atom. The second-order valence-corrected chi connectivity index (χ2v) is 5.69. The first-order valence-corrected chi connectivity index (χ1v) is 7.69. The predicted octanol–water partition coefficient (Wildman–Crippen LogP) is 1.82. The zero-order valence-corrected chi connectivity index (χ0v) is 12.8. The van der Waals surface area contributed by atoms with Gasteiger partial charge in [-0.05, 0) is 24.8 Å². The molecular formula is C17H25N3O. The van der Waals surface area contributed by atoms with Gasteiger partial charge in [-0.25, -0.2) is 0 Å². The lowest BCUT2D eigenvalue weighted by molar-refractivity contribution is 0.149. The van der Waals surface area contributed by atoms with Crippen molar-refractivity contribution >= 4 is 0 Å². The minimum atomic E-state index is -0.359. The summed E-state index contributed by atoms with van der Waals surface area (Å²) in [6.45, 7) is 4.44. The number of hydrogen-bond donors (Lipinski definition) is 1. The highest BCUT2D eigenvalue weighted by atomic mass is 16.5. The molecule has 0 aromatic heterocycles. The molecule has 0 bridgehead atoms. The Labute approximate surface area is 127 Å². The molecule has 114 valence electrons. The highest BCUT2D eigenvalue weighted by Gasteiger charge is 2.33. The van der Waals surface area contributed by atoms with Crippen LogP contribution in [0.25, 0.3) is 0 Å². The van der Waals surface area contributed by atoms with Gasteiger partial charge < -0.3 is 9.64 Å². The molecular weight excluding hydrogens is 262 g/mol. The summed E-state index contributed by atoms with van der Waals surface area (Å²) in [5.74, 6) is 0. The molecule has 0 amide bonds. The van der Waals surface area contributed by atoms with Gasteiger partial charge in [0.1, 0.15) is 5.54 Å². The van der Waals surface area contributed by atoms with Crippen LogP contribution < -0.4 is 5.32 Å². The molecule has 0 aliphatic carbocycles. The molecule has 0 spiro atoms. The number of piperidine rings is 1. The highest BCUT2D eigenvalue weighted by Crippen LogP contribution is 2.21. The average Bonchev–Trinajstić information content (AvgIpc) is 2.55. The molecule has 1 aliphatic heterocycles. The van der Waals surface area contributed by atoms with Crippen LogP contribution in [0.3, 0.4) is 0 Å². The fourth-order valence-corrected chi connectivity index (χ4v) is 2.81. The number of benzene rings is 1. The smallest absolute Gasteiger partial charge is 0.109 e. The Morgan fingerprint density at radius 2 is 2.00 bits per heavy atom. The largest absolute Gasteiger partial charge is 0.383 e. The van der Waals surface area contributed by atoms with Crippen LogP contribution in [0.5, 0.6) is 0 Å². The molecule has 0 atom stereocenters. The van der Waals surface area contributed by atoms with Crippen LogP contribution in [-0.2, 0) is 11.2 Å². The molecule has 0 radical (unpaired) electrons. The number of rotatable bonds is 7. The number of nitrogens with zero attached hydrogens (tertiary/aromatic N) is 2. The first-order chi connectivity index (χ1) is 10.3. The van der Waals surface area contributed by atoms with Crippen molar-refractivity contribution in [1.82, 2.24) is 10.2 Å². The zero-order valence-electron chi connectivity index (χ0n) is 12.8. The number of likely N-dealkylation sites (tertiary alicyclic amines) is 1. The summed E-state index contributed by atoms with van der Waals surface area (Å²) in [5, 5.41) is 12.8. The maximum absolute atomic E-state index is 9.46. The molecule has 1 aliphatic rings. The Balaban J connectivity index is 1.75. The van der Waals surface area contributed by atoms with Crippen LogP contribution in [0.2, 0.25) is 0 Å². The molecule has 1 aromatic rings. The fourth-order valence-electron chi connectivity index (χ4n) is 2.81. The van der Waals surface area contributed by atoms with E-state index in [4.69, 9.17) is 4.74 Å². The molecule has 4 heteroatoms. The van der Waals surface area contributed by atoms with Crippen LogP contribution in [-0.4, -0.2) is 50.3 Å². The lowest BCUT2D eigenvalue weighted by atomic mass is 9.89. The molecule has 4 nitrogen and oxygen atoms in total. The van der Waals surface area contributed by atoms with Gasteiger partial charge in [-0.3, -0.25) is 5.32 Å². The van der Waals surface area contributed by atoms with Crippen LogP contribution in [0, 0.1) is 11.3 Å². The lowest BCUT2D eigenvalue weighted by Crippen LogP contribution is -2.53. The SMILES string of the molecule is COCCNC1(C#N)CCN(CCc2ccccc2)CC1. The van der Waals surface area contributed by atoms with Crippen molar-refractivity contribution in [3.8, 4) is 6.07 Å². The van der Waals surface area contributed by atoms with Gasteiger partial charge in [0.2, 0.25) is 0 Å². The van der Waals surface area contributed by atoms with Crippen molar-refractivity contribution in [1.29, 1.82) is 5.26 Å². The Morgan fingerprint density at radius 3 is 2.62 bits per heavy atom. The summed E-state index contributed by atoms with van der Waals surface area (Å²) in [6.07, 6.45) is 2.86. The van der Waals surface area contributed by atoms with Gasteiger partial charge in [0, 0.05) is 33.3 Å².